The molecule has 0 radical (unpaired) electrons. The van der Waals surface area contributed by atoms with Crippen molar-refractivity contribution in [3.63, 3.8) is 0 Å². The summed E-state index contributed by atoms with van der Waals surface area (Å²) in [6, 6.07) is 0. The van der Waals surface area contributed by atoms with Crippen molar-refractivity contribution in [2.75, 3.05) is 4.43 Å². The van der Waals surface area contributed by atoms with Crippen molar-refractivity contribution in [1.29, 1.82) is 0 Å². The maximum absolute atomic E-state index is 12.4. The third kappa shape index (κ3) is 2.15. The lowest BCUT2D eigenvalue weighted by Gasteiger charge is -2.29. The van der Waals surface area contributed by atoms with Gasteiger partial charge in [0.25, 0.3) is 0 Å². The van der Waals surface area contributed by atoms with Gasteiger partial charge in [-0.1, -0.05) is 22.6 Å². The van der Waals surface area contributed by atoms with E-state index in [2.05, 4.69) is 0 Å². The molecule has 0 aromatic carbocycles. The van der Waals surface area contributed by atoms with Gasteiger partial charge in [-0.25, -0.2) is 4.21 Å². The summed E-state index contributed by atoms with van der Waals surface area (Å²) in [6.07, 6.45) is 0. The van der Waals surface area contributed by atoms with Gasteiger partial charge in [0, 0.05) is 0 Å². The highest BCUT2D eigenvalue weighted by Crippen LogP contribution is 2.47. The molecule has 0 aliphatic rings. The zero-order valence-corrected chi connectivity index (χ0v) is 9.09. The van der Waals surface area contributed by atoms with E-state index in [1.165, 1.54) is 0 Å². The summed E-state index contributed by atoms with van der Waals surface area (Å²) in [5.74, 6) is -10.9. The zero-order chi connectivity index (χ0) is 11.8. The van der Waals surface area contributed by atoms with E-state index in [9.17, 15) is 30.6 Å². The first-order chi connectivity index (χ1) is 6.00. The molecule has 0 rings (SSSR count). The van der Waals surface area contributed by atoms with Crippen LogP contribution in [-0.2, 0) is 11.1 Å². The number of halogens is 7. The molecular weight excluding hydrogens is 353 g/mol. The van der Waals surface area contributed by atoms with Crippen LogP contribution in [0.5, 0.6) is 0 Å². The largest absolute Gasteiger partial charge is 0.412 e. The fraction of sp³-hybridized carbons (Fsp3) is 1.00. The van der Waals surface area contributed by atoms with Gasteiger partial charge in [0.2, 0.25) is 11.1 Å². The maximum atomic E-state index is 12.4. The predicted octanol–water partition coefficient (Wildman–Crippen LogP) is 2.51. The molecule has 14 heavy (non-hydrogen) atoms. The molecule has 86 valence electrons. The Morgan fingerprint density at radius 3 is 1.71 bits per heavy atom. The van der Waals surface area contributed by atoms with Gasteiger partial charge in [-0.2, -0.15) is 26.3 Å². The molecule has 1 atom stereocenters. The summed E-state index contributed by atoms with van der Waals surface area (Å²) in [5.41, 5.74) is 0. The summed E-state index contributed by atoms with van der Waals surface area (Å²) < 4.78 is 89.8. The van der Waals surface area contributed by atoms with E-state index >= 15 is 0 Å². The molecule has 0 heterocycles. The topological polar surface area (TPSA) is 37.3 Å². The van der Waals surface area contributed by atoms with E-state index in [0.717, 1.165) is 22.6 Å². The van der Waals surface area contributed by atoms with E-state index in [0.29, 0.717) is 0 Å². The lowest BCUT2D eigenvalue weighted by Crippen LogP contribution is -2.56. The minimum Gasteiger partial charge on any atom is -0.301 e. The minimum atomic E-state index is -5.86. The molecular formula is C4H3F6IO2S. The van der Waals surface area contributed by atoms with Crippen molar-refractivity contribution >= 4 is 33.7 Å². The zero-order valence-electron chi connectivity index (χ0n) is 6.12. The summed E-state index contributed by atoms with van der Waals surface area (Å²) in [6.45, 7) is 0. The van der Waals surface area contributed by atoms with E-state index in [1.54, 1.807) is 0 Å². The Labute approximate surface area is 90.5 Å². The third-order valence-corrected chi connectivity index (χ3v) is 2.87. The second kappa shape index (κ2) is 4.12. The molecule has 1 unspecified atom stereocenters. The van der Waals surface area contributed by atoms with Crippen molar-refractivity contribution in [3.05, 3.63) is 0 Å². The normalized spacial score (nSPS) is 16.9. The first kappa shape index (κ1) is 14.4. The number of alkyl halides is 7. The smallest absolute Gasteiger partial charge is 0.301 e. The highest BCUT2D eigenvalue weighted by molar-refractivity contribution is 14.1. The average molecular weight is 356 g/mol. The van der Waals surface area contributed by atoms with E-state index < -0.39 is 32.6 Å². The van der Waals surface area contributed by atoms with Crippen molar-refractivity contribution in [2.24, 2.45) is 0 Å². The van der Waals surface area contributed by atoms with Gasteiger partial charge in [0.1, 0.15) is 0 Å². The molecule has 0 aliphatic heterocycles. The third-order valence-electron chi connectivity index (χ3n) is 1.21. The molecule has 0 aliphatic carbocycles. The van der Waals surface area contributed by atoms with Gasteiger partial charge >= 0.3 is 17.1 Å². The molecule has 2 nitrogen and oxygen atoms in total. The first-order valence-corrected chi connectivity index (χ1v) is 5.44. The lowest BCUT2D eigenvalue weighted by atomic mass is 10.2. The lowest BCUT2D eigenvalue weighted by molar-refractivity contribution is -0.268. The Kier molecular flexibility index (Phi) is 4.24. The number of rotatable bonds is 4. The molecule has 0 saturated heterocycles. The fourth-order valence-electron chi connectivity index (χ4n) is 0.406. The Balaban J connectivity index is 5.24. The van der Waals surface area contributed by atoms with Gasteiger partial charge in [-0.3, -0.25) is 0 Å². The molecule has 0 bridgehead atoms. The van der Waals surface area contributed by atoms with E-state index in [-0.39, 0.29) is 0 Å². The van der Waals surface area contributed by atoms with Crippen LogP contribution in [0.3, 0.4) is 0 Å². The SMILES string of the molecule is O=S(O)C(F)(F)C(F)(F)C(F)(F)CI. The minimum absolute atomic E-state index is 0.775. The molecule has 0 aromatic heterocycles. The quantitative estimate of drug-likeness (QED) is 0.364. The van der Waals surface area contributed by atoms with Gasteiger partial charge in [-0.15, -0.1) is 0 Å². The molecule has 0 fully saturated rings. The van der Waals surface area contributed by atoms with Gasteiger partial charge in [-0.05, 0) is 0 Å². The van der Waals surface area contributed by atoms with Crippen LogP contribution in [0, 0.1) is 0 Å². The number of hydrogen-bond acceptors (Lipinski definition) is 1. The van der Waals surface area contributed by atoms with Crippen LogP contribution in [0.15, 0.2) is 0 Å². The van der Waals surface area contributed by atoms with Crippen LogP contribution in [0.2, 0.25) is 0 Å². The second-order valence-electron chi connectivity index (χ2n) is 2.18. The Bertz CT molecular complexity index is 244. The molecule has 0 spiro atoms. The molecule has 0 aromatic rings. The first-order valence-electron chi connectivity index (χ1n) is 2.81. The van der Waals surface area contributed by atoms with Crippen LogP contribution in [0.4, 0.5) is 26.3 Å². The highest BCUT2D eigenvalue weighted by atomic mass is 127. The second-order valence-corrected chi connectivity index (χ2v) is 3.95. The van der Waals surface area contributed by atoms with Crippen LogP contribution in [0.1, 0.15) is 0 Å². The van der Waals surface area contributed by atoms with Crippen LogP contribution < -0.4 is 0 Å². The highest BCUT2D eigenvalue weighted by Gasteiger charge is 2.74. The Morgan fingerprint density at radius 2 is 1.50 bits per heavy atom. The van der Waals surface area contributed by atoms with Gasteiger partial charge in [0.05, 0.1) is 4.43 Å². The molecule has 0 amide bonds. The maximum Gasteiger partial charge on any atom is 0.412 e. The van der Waals surface area contributed by atoms with Crippen molar-refractivity contribution in [1.82, 2.24) is 0 Å². The van der Waals surface area contributed by atoms with Crippen LogP contribution >= 0.6 is 22.6 Å². The van der Waals surface area contributed by atoms with Crippen LogP contribution in [0.25, 0.3) is 0 Å². The Hall–Kier alpha value is 0.420. The Morgan fingerprint density at radius 1 is 1.14 bits per heavy atom. The summed E-state index contributed by atoms with van der Waals surface area (Å²) >= 11 is -3.59. The standard InChI is InChI=1S/C4H3F6IO2S/c5-2(6,1-11)3(7,8)4(9,10)14(12)13/h1H2,(H,12,13). The summed E-state index contributed by atoms with van der Waals surface area (Å²) in [4.78, 5) is 0. The van der Waals surface area contributed by atoms with Gasteiger partial charge in [0.15, 0.2) is 0 Å². The summed E-state index contributed by atoms with van der Waals surface area (Å²) in [7, 11) is 0. The average Bonchev–Trinajstić information content (AvgIpc) is 2.03. The van der Waals surface area contributed by atoms with Crippen molar-refractivity contribution in [2.45, 2.75) is 17.1 Å². The molecule has 0 saturated carbocycles. The van der Waals surface area contributed by atoms with Crippen LogP contribution in [-0.4, -0.2) is 30.3 Å². The molecule has 10 heteroatoms. The fourth-order valence-corrected chi connectivity index (χ4v) is 1.25. The van der Waals surface area contributed by atoms with E-state index in [4.69, 9.17) is 4.55 Å². The van der Waals surface area contributed by atoms with Crippen molar-refractivity contribution < 1.29 is 35.1 Å². The predicted molar refractivity (Wildman–Crippen MR) is 44.5 cm³/mol. The number of hydrogen-bond donors (Lipinski definition) is 1. The van der Waals surface area contributed by atoms with Gasteiger partial charge < -0.3 is 4.55 Å². The van der Waals surface area contributed by atoms with Crippen molar-refractivity contribution in [3.8, 4) is 0 Å². The molecule has 1 N–H and O–H groups in total. The monoisotopic (exact) mass is 356 g/mol. The van der Waals surface area contributed by atoms with E-state index in [1.807, 2.05) is 0 Å². The summed E-state index contributed by atoms with van der Waals surface area (Å²) in [5, 5.41) is -5.68.